The number of methoxy groups -OCH3 is 1. The zero-order valence-corrected chi connectivity index (χ0v) is 18.6. The summed E-state index contributed by atoms with van der Waals surface area (Å²) in [6, 6.07) is 10.2. The number of quaternary nitrogens is 1. The lowest BCUT2D eigenvalue weighted by atomic mass is 10.0. The molecule has 3 aromatic rings. The van der Waals surface area contributed by atoms with Gasteiger partial charge in [-0.3, -0.25) is 0 Å². The summed E-state index contributed by atoms with van der Waals surface area (Å²) >= 11 is 6.28. The van der Waals surface area contributed by atoms with Crippen molar-refractivity contribution in [2.45, 2.75) is 39.7 Å². The Morgan fingerprint density at radius 3 is 2.55 bits per heavy atom. The smallest absolute Gasteiger partial charge is 0.215 e. The Kier molecular flexibility index (Phi) is 7.04. The predicted octanol–water partition coefficient (Wildman–Crippen LogP) is 3.56. The summed E-state index contributed by atoms with van der Waals surface area (Å²) in [5.41, 5.74) is 9.77. The molecule has 0 saturated carbocycles. The SMILES string of the molecule is CC[NH+](CC)CCC[C@@H](C)Nc1c2cc(OC)ccc2[nH+]c2cc(Cl)c(N)cc12. The molecule has 1 heterocycles. The van der Waals surface area contributed by atoms with Gasteiger partial charge < -0.3 is 20.7 Å². The van der Waals surface area contributed by atoms with Gasteiger partial charge in [0.2, 0.25) is 11.0 Å². The van der Waals surface area contributed by atoms with E-state index in [1.807, 2.05) is 24.3 Å². The molecule has 0 spiro atoms. The van der Waals surface area contributed by atoms with Crippen LogP contribution in [0.15, 0.2) is 30.3 Å². The molecule has 0 saturated heterocycles. The number of anilines is 2. The number of nitrogens with two attached hydrogens (primary N) is 1. The van der Waals surface area contributed by atoms with Crippen molar-refractivity contribution in [3.05, 3.63) is 35.4 Å². The summed E-state index contributed by atoms with van der Waals surface area (Å²) in [7, 11) is 1.69. The minimum Gasteiger partial charge on any atom is -0.497 e. The summed E-state index contributed by atoms with van der Waals surface area (Å²) in [6.45, 7) is 10.3. The molecule has 6 heteroatoms. The van der Waals surface area contributed by atoms with Crippen molar-refractivity contribution in [3.63, 3.8) is 0 Å². The number of nitrogen functional groups attached to an aromatic ring is 1. The number of aromatic nitrogens is 1. The third kappa shape index (κ3) is 4.85. The van der Waals surface area contributed by atoms with Crippen molar-refractivity contribution >= 4 is 44.8 Å². The van der Waals surface area contributed by atoms with Crippen molar-refractivity contribution in [1.29, 1.82) is 0 Å². The van der Waals surface area contributed by atoms with E-state index in [0.717, 1.165) is 39.7 Å². The highest BCUT2D eigenvalue weighted by molar-refractivity contribution is 6.34. The molecular formula is C23H33ClN4O+2. The second-order valence-corrected chi connectivity index (χ2v) is 8.13. The van der Waals surface area contributed by atoms with Crippen LogP contribution in [0.2, 0.25) is 5.02 Å². The molecule has 0 aliphatic rings. The number of hydrogen-bond donors (Lipinski definition) is 3. The van der Waals surface area contributed by atoms with E-state index in [0.29, 0.717) is 16.8 Å². The van der Waals surface area contributed by atoms with Crippen LogP contribution in [0.3, 0.4) is 0 Å². The number of hydrogen-bond acceptors (Lipinski definition) is 3. The van der Waals surface area contributed by atoms with Crippen molar-refractivity contribution < 1.29 is 14.6 Å². The summed E-state index contributed by atoms with van der Waals surface area (Å²) in [4.78, 5) is 5.12. The molecule has 0 amide bonds. The number of H-pyrrole nitrogens is 1. The Balaban J connectivity index is 1.97. The highest BCUT2D eigenvalue weighted by atomic mass is 35.5. The Bertz CT molecular complexity index is 988. The van der Waals surface area contributed by atoms with Gasteiger partial charge >= 0.3 is 0 Å². The molecule has 0 fully saturated rings. The van der Waals surface area contributed by atoms with Crippen molar-refractivity contribution in [1.82, 2.24) is 0 Å². The number of aromatic amines is 1. The number of halogens is 1. The largest absolute Gasteiger partial charge is 0.497 e. The van der Waals surface area contributed by atoms with Gasteiger partial charge in [0.1, 0.15) is 5.75 Å². The zero-order valence-electron chi connectivity index (χ0n) is 17.9. The molecule has 1 atom stereocenters. The van der Waals surface area contributed by atoms with E-state index in [9.17, 15) is 0 Å². The number of nitrogens with one attached hydrogen (secondary N) is 3. The standard InChI is InChI=1S/C23H31ClN4O/c1-5-28(6-2)11-7-8-15(3)26-23-17-12-16(29-4)9-10-21(17)27-22-14-19(24)20(25)13-18(22)23/h9-10,12-15H,5-8,11,25H2,1-4H3,(H,26,27)/p+2/t15-/m1/s1. The molecule has 29 heavy (non-hydrogen) atoms. The molecule has 5 N–H and O–H groups in total. The van der Waals surface area contributed by atoms with E-state index >= 15 is 0 Å². The first-order valence-corrected chi connectivity index (χ1v) is 10.9. The zero-order chi connectivity index (χ0) is 21.0. The highest BCUT2D eigenvalue weighted by Crippen LogP contribution is 2.35. The lowest BCUT2D eigenvalue weighted by Crippen LogP contribution is -3.11. The summed E-state index contributed by atoms with van der Waals surface area (Å²) in [5, 5.41) is 6.43. The molecular weight excluding hydrogens is 384 g/mol. The first-order valence-electron chi connectivity index (χ1n) is 10.5. The highest BCUT2D eigenvalue weighted by Gasteiger charge is 2.18. The van der Waals surface area contributed by atoms with Crippen molar-refractivity contribution in [2.24, 2.45) is 0 Å². The molecule has 2 aromatic carbocycles. The predicted molar refractivity (Wildman–Crippen MR) is 123 cm³/mol. The number of rotatable bonds is 9. The fourth-order valence-electron chi connectivity index (χ4n) is 3.89. The average Bonchev–Trinajstić information content (AvgIpc) is 2.72. The van der Waals surface area contributed by atoms with Crippen LogP contribution in [0.5, 0.6) is 5.75 Å². The topological polar surface area (TPSA) is 65.9 Å². The van der Waals surface area contributed by atoms with Gasteiger partial charge in [-0.2, -0.15) is 0 Å². The first-order chi connectivity index (χ1) is 14.0. The Hall–Kier alpha value is -2.24. The maximum Gasteiger partial charge on any atom is 0.215 e. The van der Waals surface area contributed by atoms with Gasteiger partial charge in [0.25, 0.3) is 0 Å². The molecule has 3 rings (SSSR count). The van der Waals surface area contributed by atoms with Crippen LogP contribution < -0.4 is 25.7 Å². The van der Waals surface area contributed by atoms with E-state index in [1.54, 1.807) is 12.0 Å². The lowest BCUT2D eigenvalue weighted by molar-refractivity contribution is -0.896. The van der Waals surface area contributed by atoms with Gasteiger partial charge in [-0.25, -0.2) is 4.98 Å². The maximum absolute atomic E-state index is 6.28. The number of pyridine rings is 1. The van der Waals surface area contributed by atoms with E-state index in [-0.39, 0.29) is 0 Å². The molecule has 0 unspecified atom stereocenters. The minimum absolute atomic E-state index is 0.335. The second kappa shape index (κ2) is 9.51. The normalized spacial score (nSPS) is 12.6. The average molecular weight is 417 g/mol. The third-order valence-corrected chi connectivity index (χ3v) is 6.06. The van der Waals surface area contributed by atoms with E-state index in [2.05, 4.69) is 37.1 Å². The lowest BCUT2D eigenvalue weighted by Gasteiger charge is -2.20. The monoisotopic (exact) mass is 416 g/mol. The summed E-state index contributed by atoms with van der Waals surface area (Å²) in [5.74, 6) is 0.827. The van der Waals surface area contributed by atoms with Gasteiger partial charge in [-0.15, -0.1) is 0 Å². The van der Waals surface area contributed by atoms with Gasteiger partial charge in [-0.05, 0) is 51.8 Å². The van der Waals surface area contributed by atoms with Crippen LogP contribution in [0, 0.1) is 0 Å². The Labute approximate surface area is 178 Å². The van der Waals surface area contributed by atoms with Gasteiger partial charge in [0.05, 0.1) is 53.9 Å². The molecule has 1 aromatic heterocycles. The molecule has 0 aliphatic heterocycles. The van der Waals surface area contributed by atoms with E-state index in [4.69, 9.17) is 22.1 Å². The van der Waals surface area contributed by atoms with Gasteiger partial charge in [0, 0.05) is 18.2 Å². The van der Waals surface area contributed by atoms with Crippen LogP contribution in [-0.4, -0.2) is 32.8 Å². The fourth-order valence-corrected chi connectivity index (χ4v) is 4.06. The van der Waals surface area contributed by atoms with Gasteiger partial charge in [0.15, 0.2) is 0 Å². The second-order valence-electron chi connectivity index (χ2n) is 7.73. The van der Waals surface area contributed by atoms with Crippen LogP contribution in [0.4, 0.5) is 11.4 Å². The number of ether oxygens (including phenoxy) is 1. The number of benzene rings is 2. The molecule has 156 valence electrons. The quantitative estimate of drug-likeness (QED) is 0.369. The first kappa shape index (κ1) is 21.5. The van der Waals surface area contributed by atoms with Crippen LogP contribution in [0.25, 0.3) is 21.8 Å². The summed E-state index contributed by atoms with van der Waals surface area (Å²) in [6.07, 6.45) is 2.30. The number of fused-ring (bicyclic) bond motifs is 2. The van der Waals surface area contributed by atoms with Crippen molar-refractivity contribution in [3.8, 4) is 5.75 Å². The fraction of sp³-hybridized carbons (Fsp3) is 0.435. The van der Waals surface area contributed by atoms with Crippen molar-refractivity contribution in [2.75, 3.05) is 37.8 Å². The van der Waals surface area contributed by atoms with Crippen LogP contribution >= 0.6 is 11.6 Å². The maximum atomic E-state index is 6.28. The molecule has 0 bridgehead atoms. The molecule has 0 aliphatic carbocycles. The minimum atomic E-state index is 0.335. The van der Waals surface area contributed by atoms with E-state index < -0.39 is 0 Å². The summed E-state index contributed by atoms with van der Waals surface area (Å²) < 4.78 is 5.46. The van der Waals surface area contributed by atoms with E-state index in [1.165, 1.54) is 26.1 Å². The van der Waals surface area contributed by atoms with Gasteiger partial charge in [-0.1, -0.05) is 11.6 Å². The third-order valence-electron chi connectivity index (χ3n) is 5.73. The van der Waals surface area contributed by atoms with Crippen LogP contribution in [-0.2, 0) is 0 Å². The molecule has 5 nitrogen and oxygen atoms in total. The Morgan fingerprint density at radius 2 is 1.86 bits per heavy atom. The van der Waals surface area contributed by atoms with Crippen LogP contribution in [0.1, 0.15) is 33.6 Å². The Morgan fingerprint density at radius 1 is 1.14 bits per heavy atom. The molecule has 0 radical (unpaired) electrons.